The Morgan fingerprint density at radius 1 is 1.33 bits per heavy atom. The number of hydrogen-bond acceptors (Lipinski definition) is 3. The van der Waals surface area contributed by atoms with Gasteiger partial charge < -0.3 is 16.4 Å². The van der Waals surface area contributed by atoms with E-state index in [0.29, 0.717) is 11.1 Å². The fourth-order valence-corrected chi connectivity index (χ4v) is 1.76. The van der Waals surface area contributed by atoms with E-state index >= 15 is 0 Å². The molecule has 0 aromatic heterocycles. The van der Waals surface area contributed by atoms with Crippen molar-refractivity contribution >= 4 is 39.2 Å². The first-order valence-electron chi connectivity index (χ1n) is 4.31. The normalized spacial score (nSPS) is 20.2. The van der Waals surface area contributed by atoms with Gasteiger partial charge in [0, 0.05) is 4.47 Å². The first kappa shape index (κ1) is 10.4. The third-order valence-electron chi connectivity index (χ3n) is 1.96. The highest BCUT2D eigenvalue weighted by atomic mass is 79.9. The molecule has 6 heteroatoms. The lowest BCUT2D eigenvalue weighted by molar-refractivity contribution is 0.660. The van der Waals surface area contributed by atoms with Crippen molar-refractivity contribution in [2.24, 2.45) is 10.7 Å². The van der Waals surface area contributed by atoms with Gasteiger partial charge in [-0.05, 0) is 29.9 Å². The third-order valence-corrected chi connectivity index (χ3v) is 2.71. The predicted molar refractivity (Wildman–Crippen MR) is 67.4 cm³/mol. The molecule has 0 saturated heterocycles. The zero-order valence-corrected chi connectivity index (χ0v) is 10.1. The first-order chi connectivity index (χ1) is 7.15. The van der Waals surface area contributed by atoms with Crippen molar-refractivity contribution in [3.05, 3.63) is 34.3 Å². The number of nitrogens with zero attached hydrogens (tertiary/aromatic N) is 1. The predicted octanol–water partition coefficient (Wildman–Crippen LogP) is 1.24. The molecule has 0 unspecified atom stereocenters. The number of halogens is 1. The summed E-state index contributed by atoms with van der Waals surface area (Å²) in [5, 5.41) is 6.24. The summed E-state index contributed by atoms with van der Waals surface area (Å²) in [6, 6.07) is 7.83. The Hall–Kier alpha value is -1.14. The number of hydrogen-bond donors (Lipinski definition) is 3. The monoisotopic (exact) mass is 284 g/mol. The van der Waals surface area contributed by atoms with Gasteiger partial charge in [0.05, 0.1) is 0 Å². The number of thiocarbonyl (C=S) groups is 1. The lowest BCUT2D eigenvalue weighted by Crippen LogP contribution is -2.49. The molecule has 1 aromatic rings. The van der Waals surface area contributed by atoms with Crippen molar-refractivity contribution in [1.82, 2.24) is 10.6 Å². The lowest BCUT2D eigenvalue weighted by Gasteiger charge is -2.23. The van der Waals surface area contributed by atoms with Crippen LogP contribution in [0.25, 0.3) is 0 Å². The van der Waals surface area contributed by atoms with Gasteiger partial charge in [-0.25, -0.2) is 4.99 Å². The van der Waals surface area contributed by atoms with Crippen LogP contribution in [0.3, 0.4) is 0 Å². The maximum Gasteiger partial charge on any atom is 0.197 e. The van der Waals surface area contributed by atoms with Crippen LogP contribution in [0, 0.1) is 0 Å². The zero-order chi connectivity index (χ0) is 10.8. The second kappa shape index (κ2) is 4.16. The van der Waals surface area contributed by atoms with E-state index < -0.39 is 0 Å². The first-order valence-corrected chi connectivity index (χ1v) is 5.51. The average Bonchev–Trinajstić information content (AvgIpc) is 2.17. The summed E-state index contributed by atoms with van der Waals surface area (Å²) < 4.78 is 1.03. The average molecular weight is 285 g/mol. The SMILES string of the molecule is NC1=N[C@@H](c2ccc(Br)cc2)NC(=S)N1. The van der Waals surface area contributed by atoms with E-state index in [1.54, 1.807) is 0 Å². The van der Waals surface area contributed by atoms with Crippen LogP contribution >= 0.6 is 28.1 Å². The smallest absolute Gasteiger partial charge is 0.197 e. The zero-order valence-electron chi connectivity index (χ0n) is 7.70. The standard InChI is InChI=1S/C9H9BrN4S/c10-6-3-1-5(2-4-6)7-12-8(11)14-9(15)13-7/h1-4,7H,(H4,11,12,13,14,15)/t7-/m1/s1. The molecular weight excluding hydrogens is 276 g/mol. The lowest BCUT2D eigenvalue weighted by atomic mass is 10.2. The van der Waals surface area contributed by atoms with E-state index in [4.69, 9.17) is 18.0 Å². The Morgan fingerprint density at radius 2 is 2.00 bits per heavy atom. The van der Waals surface area contributed by atoms with Crippen LogP contribution in [0.15, 0.2) is 33.7 Å². The van der Waals surface area contributed by atoms with E-state index in [0.717, 1.165) is 10.0 Å². The van der Waals surface area contributed by atoms with Gasteiger partial charge in [-0.1, -0.05) is 28.1 Å². The Kier molecular flexibility index (Phi) is 2.88. The maximum absolute atomic E-state index is 5.58. The van der Waals surface area contributed by atoms with Gasteiger partial charge in [0.15, 0.2) is 11.1 Å². The van der Waals surface area contributed by atoms with Crippen LogP contribution in [-0.2, 0) is 0 Å². The van der Waals surface area contributed by atoms with Gasteiger partial charge in [0.25, 0.3) is 0 Å². The van der Waals surface area contributed by atoms with Crippen molar-refractivity contribution < 1.29 is 0 Å². The summed E-state index contributed by atoms with van der Waals surface area (Å²) in [6.07, 6.45) is -0.202. The Balaban J connectivity index is 2.27. The largest absolute Gasteiger partial charge is 0.370 e. The summed E-state index contributed by atoms with van der Waals surface area (Å²) in [7, 11) is 0. The van der Waals surface area contributed by atoms with E-state index in [9.17, 15) is 0 Å². The van der Waals surface area contributed by atoms with Gasteiger partial charge >= 0.3 is 0 Å². The fraction of sp³-hybridized carbons (Fsp3) is 0.111. The minimum Gasteiger partial charge on any atom is -0.370 e. The second-order valence-electron chi connectivity index (χ2n) is 3.07. The van der Waals surface area contributed by atoms with Crippen LogP contribution in [0.2, 0.25) is 0 Å². The number of guanidine groups is 1. The van der Waals surface area contributed by atoms with Crippen molar-refractivity contribution in [1.29, 1.82) is 0 Å². The molecule has 78 valence electrons. The minimum atomic E-state index is -0.202. The molecule has 1 aromatic carbocycles. The van der Waals surface area contributed by atoms with Gasteiger partial charge in [-0.3, -0.25) is 0 Å². The summed E-state index contributed by atoms with van der Waals surface area (Å²) in [6.45, 7) is 0. The maximum atomic E-state index is 5.58. The molecule has 0 spiro atoms. The highest BCUT2D eigenvalue weighted by Gasteiger charge is 2.16. The minimum absolute atomic E-state index is 0.202. The molecule has 0 radical (unpaired) electrons. The van der Waals surface area contributed by atoms with E-state index in [1.807, 2.05) is 24.3 Å². The second-order valence-corrected chi connectivity index (χ2v) is 4.39. The molecule has 15 heavy (non-hydrogen) atoms. The number of aliphatic imine (C=N–C) groups is 1. The van der Waals surface area contributed by atoms with Crippen LogP contribution in [0.4, 0.5) is 0 Å². The van der Waals surface area contributed by atoms with Crippen LogP contribution in [0.5, 0.6) is 0 Å². The molecule has 1 heterocycles. The molecule has 1 aliphatic heterocycles. The number of rotatable bonds is 1. The van der Waals surface area contributed by atoms with Crippen molar-refractivity contribution in [2.75, 3.05) is 0 Å². The molecule has 0 saturated carbocycles. The van der Waals surface area contributed by atoms with Gasteiger partial charge in [0.2, 0.25) is 0 Å². The molecule has 2 rings (SSSR count). The topological polar surface area (TPSA) is 62.4 Å². The molecule has 4 N–H and O–H groups in total. The molecule has 0 amide bonds. The highest BCUT2D eigenvalue weighted by molar-refractivity contribution is 9.10. The van der Waals surface area contributed by atoms with E-state index in [2.05, 4.69) is 31.6 Å². The number of nitrogens with two attached hydrogens (primary N) is 1. The summed E-state index contributed by atoms with van der Waals surface area (Å²) in [5.74, 6) is 0.340. The summed E-state index contributed by atoms with van der Waals surface area (Å²) >= 11 is 8.37. The van der Waals surface area contributed by atoms with Crippen molar-refractivity contribution in [3.63, 3.8) is 0 Å². The van der Waals surface area contributed by atoms with Gasteiger partial charge in [0.1, 0.15) is 6.17 Å². The molecular formula is C9H9BrN4S. The molecule has 0 bridgehead atoms. The Labute approximate surface area is 101 Å². The van der Waals surface area contributed by atoms with Crippen molar-refractivity contribution in [3.8, 4) is 0 Å². The van der Waals surface area contributed by atoms with E-state index in [-0.39, 0.29) is 6.17 Å². The van der Waals surface area contributed by atoms with Crippen LogP contribution in [-0.4, -0.2) is 11.1 Å². The highest BCUT2D eigenvalue weighted by Crippen LogP contribution is 2.18. The summed E-state index contributed by atoms with van der Waals surface area (Å²) in [4.78, 5) is 4.20. The molecule has 1 aliphatic rings. The molecule has 4 nitrogen and oxygen atoms in total. The summed E-state index contributed by atoms with van der Waals surface area (Å²) in [5.41, 5.74) is 6.60. The third kappa shape index (κ3) is 2.45. The Morgan fingerprint density at radius 3 is 2.60 bits per heavy atom. The molecule has 0 fully saturated rings. The van der Waals surface area contributed by atoms with E-state index in [1.165, 1.54) is 0 Å². The quantitative estimate of drug-likeness (QED) is 0.679. The van der Waals surface area contributed by atoms with Gasteiger partial charge in [-0.15, -0.1) is 0 Å². The van der Waals surface area contributed by atoms with Gasteiger partial charge in [-0.2, -0.15) is 0 Å². The number of benzene rings is 1. The molecule has 0 aliphatic carbocycles. The Bertz CT molecular complexity index is 415. The van der Waals surface area contributed by atoms with Crippen LogP contribution in [0.1, 0.15) is 11.7 Å². The van der Waals surface area contributed by atoms with Crippen molar-refractivity contribution in [2.45, 2.75) is 6.17 Å². The number of nitrogens with one attached hydrogen (secondary N) is 2. The molecule has 1 atom stereocenters. The fourth-order valence-electron chi connectivity index (χ4n) is 1.28. The van der Waals surface area contributed by atoms with Crippen LogP contribution < -0.4 is 16.4 Å².